The molecule has 0 aliphatic carbocycles. The molecule has 2 heterocycles. The Kier molecular flexibility index (Phi) is 9.12. The van der Waals surface area contributed by atoms with Crippen LogP contribution in [-0.2, 0) is 32.0 Å². The monoisotopic (exact) mass is 493 g/mol. The number of likely N-dealkylation sites (N-methyl/N-ethyl adjacent to an activating group) is 1. The number of halogens is 3. The zero-order valence-electron chi connectivity index (χ0n) is 19.2. The van der Waals surface area contributed by atoms with E-state index in [9.17, 15) is 27.6 Å². The summed E-state index contributed by atoms with van der Waals surface area (Å²) in [5.74, 6) is -3.46. The summed E-state index contributed by atoms with van der Waals surface area (Å²) in [5.41, 5.74) is -3.03. The minimum Gasteiger partial charge on any atom is -0.463 e. The highest BCUT2D eigenvalue weighted by atomic mass is 32.1. The van der Waals surface area contributed by atoms with Crippen LogP contribution in [0, 0.1) is 0 Å². The van der Waals surface area contributed by atoms with Gasteiger partial charge in [0, 0.05) is 24.4 Å². The van der Waals surface area contributed by atoms with Crippen molar-refractivity contribution in [2.45, 2.75) is 64.8 Å². The lowest BCUT2D eigenvalue weighted by atomic mass is 10.0. The largest absolute Gasteiger partial charge is 0.463 e. The van der Waals surface area contributed by atoms with Crippen LogP contribution in [0.2, 0.25) is 0 Å². The number of anilines is 1. The van der Waals surface area contributed by atoms with Gasteiger partial charge in [0.2, 0.25) is 5.91 Å². The number of nitrogens with one attached hydrogen (secondary N) is 2. The molecule has 0 radical (unpaired) electrons. The standard InChI is InChI=1S/C21H30F3N3O5S/c1-5-8-9-15(28)25-20(21(22,23)24,19(30)32-7-3)26-17-16(18(29)31-6-2)13-10-11-27(4)12-14(13)33-17/h26H,5-12H2,1-4H3,(H,25,28)/t20-/m0/s1. The van der Waals surface area contributed by atoms with E-state index in [2.05, 4.69) is 5.32 Å². The van der Waals surface area contributed by atoms with Gasteiger partial charge in [0.05, 0.1) is 18.8 Å². The van der Waals surface area contributed by atoms with Crippen LogP contribution in [-0.4, -0.2) is 61.4 Å². The number of unbranched alkanes of at least 4 members (excludes halogenated alkanes) is 1. The van der Waals surface area contributed by atoms with E-state index in [1.54, 1.807) is 13.8 Å². The first-order valence-electron chi connectivity index (χ1n) is 10.8. The molecule has 186 valence electrons. The SMILES string of the molecule is CCCCC(=O)N[C@](Nc1sc2c(c1C(=O)OCC)CCN(C)C2)(C(=O)OCC)C(F)(F)F. The predicted octanol–water partition coefficient (Wildman–Crippen LogP) is 3.45. The summed E-state index contributed by atoms with van der Waals surface area (Å²) in [4.78, 5) is 40.4. The summed E-state index contributed by atoms with van der Waals surface area (Å²) >= 11 is 0.931. The van der Waals surface area contributed by atoms with Crippen LogP contribution in [0.3, 0.4) is 0 Å². The van der Waals surface area contributed by atoms with E-state index in [0.29, 0.717) is 42.8 Å². The van der Waals surface area contributed by atoms with Crippen molar-refractivity contribution in [2.75, 3.05) is 32.1 Å². The number of ether oxygens (including phenoxy) is 2. The first kappa shape index (κ1) is 26.9. The van der Waals surface area contributed by atoms with Crippen LogP contribution in [0.1, 0.15) is 60.8 Å². The van der Waals surface area contributed by atoms with Crippen LogP contribution in [0.4, 0.5) is 18.2 Å². The van der Waals surface area contributed by atoms with E-state index in [1.807, 2.05) is 17.3 Å². The molecule has 0 fully saturated rings. The first-order valence-corrected chi connectivity index (χ1v) is 11.7. The molecule has 0 saturated heterocycles. The van der Waals surface area contributed by atoms with Gasteiger partial charge in [-0.1, -0.05) is 13.3 Å². The third-order valence-corrected chi connectivity index (χ3v) is 6.25. The zero-order chi connectivity index (χ0) is 24.8. The summed E-state index contributed by atoms with van der Waals surface area (Å²) in [6.07, 6.45) is -4.12. The molecule has 0 saturated carbocycles. The third-order valence-electron chi connectivity index (χ3n) is 5.12. The van der Waals surface area contributed by atoms with E-state index in [1.165, 1.54) is 6.92 Å². The first-order chi connectivity index (χ1) is 15.5. The number of esters is 2. The quantitative estimate of drug-likeness (QED) is 0.381. The van der Waals surface area contributed by atoms with Crippen molar-refractivity contribution in [3.8, 4) is 0 Å². The van der Waals surface area contributed by atoms with Crippen molar-refractivity contribution in [1.29, 1.82) is 0 Å². The van der Waals surface area contributed by atoms with Gasteiger partial charge in [-0.2, -0.15) is 13.2 Å². The second-order valence-electron chi connectivity index (χ2n) is 7.66. The highest BCUT2D eigenvalue weighted by Gasteiger charge is 2.64. The van der Waals surface area contributed by atoms with Crippen molar-refractivity contribution < 1.29 is 37.0 Å². The summed E-state index contributed by atoms with van der Waals surface area (Å²) in [6, 6.07) is 0. The van der Waals surface area contributed by atoms with Gasteiger partial charge in [-0.05, 0) is 39.3 Å². The van der Waals surface area contributed by atoms with Gasteiger partial charge in [0.15, 0.2) is 0 Å². The second-order valence-corrected chi connectivity index (χ2v) is 8.77. The molecule has 0 spiro atoms. The second kappa shape index (κ2) is 11.2. The number of fused-ring (bicyclic) bond motifs is 1. The average molecular weight is 494 g/mol. The molecule has 2 N–H and O–H groups in total. The molecule has 1 aromatic rings. The van der Waals surface area contributed by atoms with Gasteiger partial charge in [-0.3, -0.25) is 4.79 Å². The van der Waals surface area contributed by atoms with E-state index < -0.39 is 29.7 Å². The fourth-order valence-electron chi connectivity index (χ4n) is 3.45. The molecule has 0 unspecified atom stereocenters. The summed E-state index contributed by atoms with van der Waals surface area (Å²) in [7, 11) is 1.85. The van der Waals surface area contributed by atoms with E-state index in [-0.39, 0.29) is 30.2 Å². The topological polar surface area (TPSA) is 97.0 Å². The summed E-state index contributed by atoms with van der Waals surface area (Å²) in [5, 5.41) is 3.79. The molecule has 8 nitrogen and oxygen atoms in total. The number of carbonyl (C=O) groups is 3. The Balaban J connectivity index is 2.62. The molecule has 33 heavy (non-hydrogen) atoms. The number of hydrogen-bond donors (Lipinski definition) is 2. The molecule has 1 aliphatic heterocycles. The van der Waals surface area contributed by atoms with E-state index in [0.717, 1.165) is 11.3 Å². The van der Waals surface area contributed by atoms with E-state index in [4.69, 9.17) is 9.47 Å². The lowest BCUT2D eigenvalue weighted by Gasteiger charge is -2.35. The number of nitrogens with zero attached hydrogens (tertiary/aromatic N) is 1. The molecule has 1 aliphatic rings. The minimum atomic E-state index is -5.27. The van der Waals surface area contributed by atoms with Crippen LogP contribution >= 0.6 is 11.3 Å². The Morgan fingerprint density at radius 1 is 1.12 bits per heavy atom. The van der Waals surface area contributed by atoms with Gasteiger partial charge in [-0.25, -0.2) is 9.59 Å². The minimum absolute atomic E-state index is 0.0266. The van der Waals surface area contributed by atoms with Crippen LogP contribution in [0.15, 0.2) is 0 Å². The number of alkyl halides is 3. The Morgan fingerprint density at radius 2 is 1.79 bits per heavy atom. The normalized spacial score (nSPS) is 15.8. The molecule has 2 rings (SSSR count). The van der Waals surface area contributed by atoms with Gasteiger partial charge in [0.1, 0.15) is 5.00 Å². The van der Waals surface area contributed by atoms with Crippen LogP contribution < -0.4 is 10.6 Å². The Bertz CT molecular complexity index is 874. The lowest BCUT2D eigenvalue weighted by molar-refractivity contribution is -0.207. The summed E-state index contributed by atoms with van der Waals surface area (Å²) < 4.78 is 53.2. The number of carbonyl (C=O) groups excluding carboxylic acids is 3. The maximum atomic E-state index is 14.4. The number of hydrogen-bond acceptors (Lipinski definition) is 8. The fourth-order valence-corrected chi connectivity index (χ4v) is 4.82. The number of amides is 1. The van der Waals surface area contributed by atoms with E-state index >= 15 is 0 Å². The predicted molar refractivity (Wildman–Crippen MR) is 117 cm³/mol. The molecule has 0 aromatic carbocycles. The van der Waals surface area contributed by atoms with Crippen molar-refractivity contribution >= 4 is 34.2 Å². The molecule has 0 bridgehead atoms. The molecule has 12 heteroatoms. The Hall–Kier alpha value is -2.34. The Morgan fingerprint density at radius 3 is 2.36 bits per heavy atom. The zero-order valence-corrected chi connectivity index (χ0v) is 20.0. The molecular formula is C21H30F3N3O5S. The van der Waals surface area contributed by atoms with Gasteiger partial charge in [0.25, 0.3) is 0 Å². The maximum absolute atomic E-state index is 14.4. The lowest BCUT2D eigenvalue weighted by Crippen LogP contribution is -2.69. The highest BCUT2D eigenvalue weighted by molar-refractivity contribution is 7.16. The average Bonchev–Trinajstić information content (AvgIpc) is 3.07. The Labute approximate surface area is 194 Å². The van der Waals surface area contributed by atoms with Gasteiger partial charge < -0.3 is 25.0 Å². The van der Waals surface area contributed by atoms with Crippen LogP contribution in [0.25, 0.3) is 0 Å². The molecule has 1 amide bonds. The fraction of sp³-hybridized carbons (Fsp3) is 0.667. The number of rotatable bonds is 10. The van der Waals surface area contributed by atoms with Crippen molar-refractivity contribution in [1.82, 2.24) is 10.2 Å². The van der Waals surface area contributed by atoms with Gasteiger partial charge >= 0.3 is 23.8 Å². The highest BCUT2D eigenvalue weighted by Crippen LogP contribution is 2.41. The van der Waals surface area contributed by atoms with Crippen molar-refractivity contribution in [3.63, 3.8) is 0 Å². The van der Waals surface area contributed by atoms with Crippen molar-refractivity contribution in [3.05, 3.63) is 16.0 Å². The molecular weight excluding hydrogens is 463 g/mol. The number of thiophene rings is 1. The smallest absolute Gasteiger partial charge is 0.441 e. The van der Waals surface area contributed by atoms with Crippen molar-refractivity contribution in [2.24, 2.45) is 0 Å². The molecule has 1 atom stereocenters. The third kappa shape index (κ3) is 5.97. The van der Waals surface area contributed by atoms with Gasteiger partial charge in [-0.15, -0.1) is 11.3 Å². The van der Waals surface area contributed by atoms with Crippen LogP contribution in [0.5, 0.6) is 0 Å². The molecule has 1 aromatic heterocycles. The maximum Gasteiger partial charge on any atom is 0.441 e. The summed E-state index contributed by atoms with van der Waals surface area (Å²) in [6.45, 7) is 5.46.